The zero-order valence-electron chi connectivity index (χ0n) is 10.7. The zero-order valence-corrected chi connectivity index (χ0v) is 13.0. The van der Waals surface area contributed by atoms with E-state index in [2.05, 4.69) is 15.9 Å². The minimum absolute atomic E-state index is 0.307. The SMILES string of the molecule is CC1(C)OB(c2c(F)ccc(Cl)c2Br)OC1(C)C. The fraction of sp³-hybridized carbons (Fsp3) is 0.500. The second kappa shape index (κ2) is 4.48. The van der Waals surface area contributed by atoms with Gasteiger partial charge in [0, 0.05) is 9.94 Å². The van der Waals surface area contributed by atoms with Crippen LogP contribution in [0.2, 0.25) is 5.02 Å². The molecule has 1 aliphatic heterocycles. The van der Waals surface area contributed by atoms with Gasteiger partial charge in [0.05, 0.1) is 16.2 Å². The van der Waals surface area contributed by atoms with E-state index in [1.807, 2.05) is 27.7 Å². The van der Waals surface area contributed by atoms with Gasteiger partial charge in [-0.3, -0.25) is 0 Å². The second-order valence-electron chi connectivity index (χ2n) is 5.35. The molecule has 0 bridgehead atoms. The van der Waals surface area contributed by atoms with Crippen LogP contribution in [0.1, 0.15) is 27.7 Å². The first-order chi connectivity index (χ1) is 8.16. The summed E-state index contributed by atoms with van der Waals surface area (Å²) >= 11 is 9.27. The minimum Gasteiger partial charge on any atom is -0.399 e. The quantitative estimate of drug-likeness (QED) is 0.577. The van der Waals surface area contributed by atoms with Crippen LogP contribution in [0, 0.1) is 5.82 Å². The molecule has 0 N–H and O–H groups in total. The van der Waals surface area contributed by atoms with Gasteiger partial charge in [0.2, 0.25) is 0 Å². The van der Waals surface area contributed by atoms with Gasteiger partial charge in [-0.15, -0.1) is 0 Å². The lowest BCUT2D eigenvalue weighted by molar-refractivity contribution is 0.00578. The van der Waals surface area contributed by atoms with Crippen LogP contribution in [0.4, 0.5) is 4.39 Å². The van der Waals surface area contributed by atoms with E-state index in [1.54, 1.807) is 0 Å². The van der Waals surface area contributed by atoms with E-state index < -0.39 is 24.1 Å². The fourth-order valence-electron chi connectivity index (χ4n) is 1.72. The Morgan fingerprint density at radius 3 is 2.17 bits per heavy atom. The van der Waals surface area contributed by atoms with Crippen molar-refractivity contribution in [3.8, 4) is 0 Å². The summed E-state index contributed by atoms with van der Waals surface area (Å²) in [7, 11) is -0.761. The first-order valence-corrected chi connectivity index (χ1v) is 6.82. The summed E-state index contributed by atoms with van der Waals surface area (Å²) in [6.07, 6.45) is 0. The molecule has 0 aromatic heterocycles. The molecule has 0 atom stereocenters. The number of halogens is 3. The lowest BCUT2D eigenvalue weighted by Gasteiger charge is -2.32. The summed E-state index contributed by atoms with van der Waals surface area (Å²) in [5.41, 5.74) is -0.710. The third-order valence-electron chi connectivity index (χ3n) is 3.57. The van der Waals surface area contributed by atoms with Crippen LogP contribution in [-0.2, 0) is 9.31 Å². The highest BCUT2D eigenvalue weighted by Crippen LogP contribution is 2.37. The molecule has 2 nitrogen and oxygen atoms in total. The Morgan fingerprint density at radius 1 is 1.17 bits per heavy atom. The van der Waals surface area contributed by atoms with Crippen molar-refractivity contribution >= 4 is 40.1 Å². The van der Waals surface area contributed by atoms with Crippen LogP contribution in [0.15, 0.2) is 16.6 Å². The maximum atomic E-state index is 13.9. The minimum atomic E-state index is -0.761. The molecule has 0 saturated carbocycles. The van der Waals surface area contributed by atoms with Crippen LogP contribution in [0.25, 0.3) is 0 Å². The van der Waals surface area contributed by atoms with E-state index in [0.717, 1.165) is 0 Å². The highest BCUT2D eigenvalue weighted by molar-refractivity contribution is 9.10. The largest absolute Gasteiger partial charge is 0.499 e. The van der Waals surface area contributed by atoms with Gasteiger partial charge in [-0.2, -0.15) is 0 Å². The highest BCUT2D eigenvalue weighted by atomic mass is 79.9. The van der Waals surface area contributed by atoms with Gasteiger partial charge in [0.25, 0.3) is 0 Å². The second-order valence-corrected chi connectivity index (χ2v) is 6.55. The van der Waals surface area contributed by atoms with Crippen molar-refractivity contribution in [2.24, 2.45) is 0 Å². The molecule has 0 unspecified atom stereocenters. The number of benzene rings is 1. The summed E-state index contributed by atoms with van der Waals surface area (Å²) in [6.45, 7) is 7.68. The summed E-state index contributed by atoms with van der Waals surface area (Å²) in [5.74, 6) is -0.398. The maximum absolute atomic E-state index is 13.9. The molecule has 18 heavy (non-hydrogen) atoms. The Bertz CT molecular complexity index is 477. The Hall–Kier alpha value is -0.0951. The van der Waals surface area contributed by atoms with Crippen LogP contribution >= 0.6 is 27.5 Å². The van der Waals surface area contributed by atoms with Crippen molar-refractivity contribution < 1.29 is 13.7 Å². The average molecular weight is 335 g/mol. The van der Waals surface area contributed by atoms with Crippen molar-refractivity contribution in [1.82, 2.24) is 0 Å². The molecule has 0 aliphatic carbocycles. The van der Waals surface area contributed by atoms with Gasteiger partial charge in [0.1, 0.15) is 5.82 Å². The Labute approximate surface area is 120 Å². The van der Waals surface area contributed by atoms with Crippen molar-refractivity contribution in [2.75, 3.05) is 0 Å². The molecule has 1 saturated heterocycles. The molecule has 2 rings (SSSR count). The molecule has 0 spiro atoms. The Kier molecular flexibility index (Phi) is 3.56. The van der Waals surface area contributed by atoms with Crippen LogP contribution in [-0.4, -0.2) is 18.3 Å². The third kappa shape index (κ3) is 2.22. The average Bonchev–Trinajstić information content (AvgIpc) is 2.43. The number of rotatable bonds is 1. The molecule has 98 valence electrons. The monoisotopic (exact) mass is 334 g/mol. The topological polar surface area (TPSA) is 18.5 Å². The van der Waals surface area contributed by atoms with Crippen molar-refractivity contribution in [3.63, 3.8) is 0 Å². The molecular formula is C12H14BBrClFO2. The normalized spacial score (nSPS) is 21.4. The van der Waals surface area contributed by atoms with Crippen LogP contribution < -0.4 is 5.46 Å². The van der Waals surface area contributed by atoms with Crippen molar-refractivity contribution in [2.45, 2.75) is 38.9 Å². The van der Waals surface area contributed by atoms with Gasteiger partial charge < -0.3 is 9.31 Å². The van der Waals surface area contributed by atoms with E-state index in [4.69, 9.17) is 20.9 Å². The highest BCUT2D eigenvalue weighted by Gasteiger charge is 2.53. The molecule has 6 heteroatoms. The van der Waals surface area contributed by atoms with E-state index in [1.165, 1.54) is 12.1 Å². The molecular weight excluding hydrogens is 321 g/mol. The first-order valence-electron chi connectivity index (χ1n) is 5.65. The van der Waals surface area contributed by atoms with Crippen molar-refractivity contribution in [1.29, 1.82) is 0 Å². The van der Waals surface area contributed by atoms with E-state index in [0.29, 0.717) is 15.0 Å². The number of hydrogen-bond acceptors (Lipinski definition) is 2. The summed E-state index contributed by atoms with van der Waals surface area (Å²) in [6, 6.07) is 2.81. The molecule has 1 aromatic carbocycles. The molecule has 1 aromatic rings. The summed E-state index contributed by atoms with van der Waals surface area (Å²) in [4.78, 5) is 0. The standard InChI is InChI=1S/C12H14BBrClFO2/c1-11(2)12(3,4)18-13(17-11)9-8(16)6-5-7(15)10(9)14/h5-6H,1-4H3. The van der Waals surface area contributed by atoms with E-state index in [-0.39, 0.29) is 0 Å². The van der Waals surface area contributed by atoms with E-state index in [9.17, 15) is 4.39 Å². The maximum Gasteiger partial charge on any atom is 0.499 e. The lowest BCUT2D eigenvalue weighted by Crippen LogP contribution is -2.41. The summed E-state index contributed by atoms with van der Waals surface area (Å²) < 4.78 is 26.0. The zero-order chi connectivity index (χ0) is 13.7. The van der Waals surface area contributed by atoms with Crippen molar-refractivity contribution in [3.05, 3.63) is 27.4 Å². The third-order valence-corrected chi connectivity index (χ3v) is 4.97. The molecule has 1 aliphatic rings. The summed E-state index contributed by atoms with van der Waals surface area (Å²) in [5, 5.41) is 0.432. The fourth-order valence-corrected chi connectivity index (χ4v) is 2.39. The molecule has 0 amide bonds. The molecule has 1 fully saturated rings. The van der Waals surface area contributed by atoms with Crippen LogP contribution in [0.3, 0.4) is 0 Å². The predicted molar refractivity (Wildman–Crippen MR) is 74.8 cm³/mol. The number of hydrogen-bond donors (Lipinski definition) is 0. The molecule has 0 radical (unpaired) electrons. The van der Waals surface area contributed by atoms with Gasteiger partial charge in [-0.1, -0.05) is 11.6 Å². The lowest BCUT2D eigenvalue weighted by atomic mass is 9.78. The smallest absolute Gasteiger partial charge is 0.399 e. The van der Waals surface area contributed by atoms with Crippen LogP contribution in [0.5, 0.6) is 0 Å². The molecule has 1 heterocycles. The van der Waals surface area contributed by atoms with Gasteiger partial charge in [-0.05, 0) is 55.8 Å². The Balaban J connectivity index is 2.44. The first kappa shape index (κ1) is 14.3. The Morgan fingerprint density at radius 2 is 1.67 bits per heavy atom. The van der Waals surface area contributed by atoms with E-state index >= 15 is 0 Å². The predicted octanol–water partition coefficient (Wildman–Crippen LogP) is 3.54. The van der Waals surface area contributed by atoms with Gasteiger partial charge in [-0.25, -0.2) is 4.39 Å². The van der Waals surface area contributed by atoms with Gasteiger partial charge >= 0.3 is 7.12 Å². The van der Waals surface area contributed by atoms with Gasteiger partial charge in [0.15, 0.2) is 0 Å².